The van der Waals surface area contributed by atoms with Gasteiger partial charge in [0.1, 0.15) is 0 Å². The highest BCUT2D eigenvalue weighted by molar-refractivity contribution is 5.97. The Labute approximate surface area is 169 Å². The Balaban J connectivity index is 1.40. The molecule has 4 nitrogen and oxygen atoms in total. The molecule has 0 bridgehead atoms. The highest BCUT2D eigenvalue weighted by atomic mass is 19.2. The van der Waals surface area contributed by atoms with Gasteiger partial charge in [-0.3, -0.25) is 9.59 Å². The molecule has 1 unspecified atom stereocenters. The van der Waals surface area contributed by atoms with Crippen molar-refractivity contribution in [3.8, 4) is 0 Å². The summed E-state index contributed by atoms with van der Waals surface area (Å²) in [5.74, 6) is -1.65. The summed E-state index contributed by atoms with van der Waals surface area (Å²) in [7, 11) is 0. The maximum Gasteiger partial charge on any atom is 0.220 e. The van der Waals surface area contributed by atoms with Crippen molar-refractivity contribution in [2.24, 2.45) is 5.92 Å². The monoisotopic (exact) mass is 400 g/mol. The third kappa shape index (κ3) is 5.62. The number of hydrogen-bond acceptors (Lipinski definition) is 3. The van der Waals surface area contributed by atoms with Crippen molar-refractivity contribution in [3.05, 3.63) is 65.2 Å². The summed E-state index contributed by atoms with van der Waals surface area (Å²) in [5, 5.41) is 2.89. The molecule has 1 fully saturated rings. The molecule has 0 spiro atoms. The minimum atomic E-state index is -0.854. The summed E-state index contributed by atoms with van der Waals surface area (Å²) in [5.41, 5.74) is 2.46. The van der Waals surface area contributed by atoms with Gasteiger partial charge in [0.05, 0.1) is 0 Å². The molecule has 0 saturated carbocycles. The zero-order chi connectivity index (χ0) is 20.8. The molecule has 2 aromatic carbocycles. The number of nitrogens with zero attached hydrogens (tertiary/aromatic N) is 1. The zero-order valence-electron chi connectivity index (χ0n) is 16.6. The molecule has 1 N–H and O–H groups in total. The van der Waals surface area contributed by atoms with E-state index < -0.39 is 11.6 Å². The normalized spacial score (nSPS) is 16.1. The Morgan fingerprint density at radius 3 is 2.52 bits per heavy atom. The third-order valence-corrected chi connectivity index (χ3v) is 5.41. The molecule has 154 valence electrons. The van der Waals surface area contributed by atoms with Gasteiger partial charge in [-0.25, -0.2) is 8.78 Å². The molecule has 0 radical (unpaired) electrons. The van der Waals surface area contributed by atoms with Gasteiger partial charge in [-0.15, -0.1) is 0 Å². The first-order chi connectivity index (χ1) is 14.0. The number of halogens is 2. The van der Waals surface area contributed by atoms with Crippen LogP contribution in [0.25, 0.3) is 0 Å². The molecule has 1 heterocycles. The average molecular weight is 400 g/mol. The highest BCUT2D eigenvalue weighted by Crippen LogP contribution is 2.25. The molecule has 1 aliphatic heterocycles. The van der Waals surface area contributed by atoms with Crippen molar-refractivity contribution in [1.82, 2.24) is 5.32 Å². The Morgan fingerprint density at radius 1 is 1.07 bits per heavy atom. The van der Waals surface area contributed by atoms with Gasteiger partial charge in [-0.1, -0.05) is 31.2 Å². The van der Waals surface area contributed by atoms with Gasteiger partial charge in [0, 0.05) is 49.8 Å². The fourth-order valence-electron chi connectivity index (χ4n) is 3.56. The first-order valence-electron chi connectivity index (χ1n) is 10.0. The molecule has 1 amide bonds. The Bertz CT molecular complexity index is 868. The van der Waals surface area contributed by atoms with E-state index in [4.69, 9.17) is 0 Å². The predicted molar refractivity (Wildman–Crippen MR) is 109 cm³/mol. The van der Waals surface area contributed by atoms with E-state index in [0.29, 0.717) is 24.3 Å². The molecular formula is C23H26F2N2O2. The van der Waals surface area contributed by atoms with Crippen LogP contribution in [-0.4, -0.2) is 31.3 Å². The second-order valence-corrected chi connectivity index (χ2v) is 7.48. The smallest absolute Gasteiger partial charge is 0.220 e. The maximum atomic E-state index is 13.4. The predicted octanol–water partition coefficient (Wildman–Crippen LogP) is 4.13. The Hall–Kier alpha value is -2.76. The van der Waals surface area contributed by atoms with E-state index in [-0.39, 0.29) is 30.4 Å². The number of carbonyl (C=O) groups is 2. The van der Waals surface area contributed by atoms with E-state index >= 15 is 0 Å². The summed E-state index contributed by atoms with van der Waals surface area (Å²) in [6, 6.07) is 11.4. The summed E-state index contributed by atoms with van der Waals surface area (Å²) in [4.78, 5) is 26.3. The van der Waals surface area contributed by atoms with Crippen LogP contribution in [0.4, 0.5) is 14.5 Å². The fourth-order valence-corrected chi connectivity index (χ4v) is 3.56. The van der Waals surface area contributed by atoms with Gasteiger partial charge in [-0.05, 0) is 36.5 Å². The minimum Gasteiger partial charge on any atom is -0.371 e. The molecule has 2 aromatic rings. The van der Waals surface area contributed by atoms with Crippen molar-refractivity contribution in [3.63, 3.8) is 0 Å². The van der Waals surface area contributed by atoms with Crippen molar-refractivity contribution < 1.29 is 18.4 Å². The quantitative estimate of drug-likeness (QED) is 0.678. The lowest BCUT2D eigenvalue weighted by Gasteiger charge is -2.19. The van der Waals surface area contributed by atoms with Gasteiger partial charge < -0.3 is 10.2 Å². The first kappa shape index (κ1) is 21.0. The summed E-state index contributed by atoms with van der Waals surface area (Å²) >= 11 is 0. The molecule has 6 heteroatoms. The van der Waals surface area contributed by atoms with Crippen LogP contribution < -0.4 is 10.2 Å². The number of hydrogen-bond donors (Lipinski definition) is 1. The van der Waals surface area contributed by atoms with Crippen LogP contribution in [0.2, 0.25) is 0 Å². The summed E-state index contributed by atoms with van der Waals surface area (Å²) in [6.45, 7) is 3.98. The van der Waals surface area contributed by atoms with Gasteiger partial charge in [0.15, 0.2) is 17.4 Å². The minimum absolute atomic E-state index is 0.0341. The summed E-state index contributed by atoms with van der Waals surface area (Å²) < 4.78 is 26.5. The second-order valence-electron chi connectivity index (χ2n) is 7.48. The lowest BCUT2D eigenvalue weighted by molar-refractivity contribution is -0.121. The number of rotatable bonds is 8. The fraction of sp³-hybridized carbons (Fsp3) is 0.391. The number of anilines is 1. The van der Waals surface area contributed by atoms with Crippen LogP contribution in [0.15, 0.2) is 42.5 Å². The standard InChI is InChI=1S/C23H26F2N2O2/c1-2-16-3-5-18(6-4-16)22(28)9-10-23(29)26-14-17-11-12-27(15-17)19-7-8-20(24)21(25)13-19/h3-8,13,17H,2,9-12,14-15H2,1H3,(H,26,29). The van der Waals surface area contributed by atoms with E-state index in [0.717, 1.165) is 25.5 Å². The number of nitrogens with one attached hydrogen (secondary N) is 1. The van der Waals surface area contributed by atoms with Gasteiger partial charge in [0.2, 0.25) is 5.91 Å². The van der Waals surface area contributed by atoms with E-state index in [1.54, 1.807) is 6.07 Å². The largest absolute Gasteiger partial charge is 0.371 e. The van der Waals surface area contributed by atoms with Crippen molar-refractivity contribution >= 4 is 17.4 Å². The first-order valence-corrected chi connectivity index (χ1v) is 10.0. The number of carbonyl (C=O) groups excluding carboxylic acids is 2. The molecule has 3 rings (SSSR count). The van der Waals surface area contributed by atoms with Crippen LogP contribution in [0.5, 0.6) is 0 Å². The number of Topliss-reactive ketones (excluding diaryl/α,β-unsaturated/α-hetero) is 1. The van der Waals surface area contributed by atoms with Crippen molar-refractivity contribution in [1.29, 1.82) is 0 Å². The summed E-state index contributed by atoms with van der Waals surface area (Å²) in [6.07, 6.45) is 2.13. The van der Waals surface area contributed by atoms with Crippen LogP contribution in [0.3, 0.4) is 0 Å². The van der Waals surface area contributed by atoms with Gasteiger partial charge in [-0.2, -0.15) is 0 Å². The second kappa shape index (κ2) is 9.63. The topological polar surface area (TPSA) is 49.4 Å². The number of ketones is 1. The molecule has 1 saturated heterocycles. The van der Waals surface area contributed by atoms with Crippen LogP contribution >= 0.6 is 0 Å². The van der Waals surface area contributed by atoms with E-state index in [9.17, 15) is 18.4 Å². The maximum absolute atomic E-state index is 13.4. The molecule has 29 heavy (non-hydrogen) atoms. The Morgan fingerprint density at radius 2 is 1.83 bits per heavy atom. The average Bonchev–Trinajstić information content (AvgIpc) is 3.21. The SMILES string of the molecule is CCc1ccc(C(=O)CCC(=O)NCC2CCN(c3ccc(F)c(F)c3)C2)cc1. The van der Waals surface area contributed by atoms with Gasteiger partial charge >= 0.3 is 0 Å². The number of aryl methyl sites for hydroxylation is 1. The van der Waals surface area contributed by atoms with Crippen molar-refractivity contribution in [2.75, 3.05) is 24.5 Å². The van der Waals surface area contributed by atoms with Crippen LogP contribution in [0.1, 0.15) is 42.1 Å². The molecular weight excluding hydrogens is 374 g/mol. The lowest BCUT2D eigenvalue weighted by atomic mass is 10.0. The molecule has 1 aliphatic rings. The van der Waals surface area contributed by atoms with E-state index in [2.05, 4.69) is 12.2 Å². The number of benzene rings is 2. The lowest BCUT2D eigenvalue weighted by Crippen LogP contribution is -2.31. The van der Waals surface area contributed by atoms with Gasteiger partial charge in [0.25, 0.3) is 0 Å². The van der Waals surface area contributed by atoms with Crippen molar-refractivity contribution in [2.45, 2.75) is 32.6 Å². The third-order valence-electron chi connectivity index (χ3n) is 5.41. The Kier molecular flexibility index (Phi) is 6.96. The highest BCUT2D eigenvalue weighted by Gasteiger charge is 2.24. The number of amides is 1. The molecule has 0 aliphatic carbocycles. The van der Waals surface area contributed by atoms with Crippen LogP contribution in [-0.2, 0) is 11.2 Å². The molecule has 0 aromatic heterocycles. The van der Waals surface area contributed by atoms with E-state index in [1.807, 2.05) is 29.2 Å². The zero-order valence-corrected chi connectivity index (χ0v) is 16.6. The molecule has 1 atom stereocenters. The van der Waals surface area contributed by atoms with Crippen LogP contribution in [0, 0.1) is 17.6 Å². The van der Waals surface area contributed by atoms with E-state index in [1.165, 1.54) is 11.6 Å².